The fourth-order valence-electron chi connectivity index (χ4n) is 6.28. The second-order valence-electron chi connectivity index (χ2n) is 11.1. The molecule has 0 saturated carbocycles. The number of ether oxygens (including phenoxy) is 2. The van der Waals surface area contributed by atoms with Crippen LogP contribution in [0.1, 0.15) is 60.3 Å². The number of carbonyl (C=O) groups is 1. The van der Waals surface area contributed by atoms with E-state index in [0.717, 1.165) is 42.3 Å². The van der Waals surface area contributed by atoms with Gasteiger partial charge in [0.15, 0.2) is 17.9 Å². The quantitative estimate of drug-likeness (QED) is 0.228. The lowest BCUT2D eigenvalue weighted by atomic mass is 9.85. The van der Waals surface area contributed by atoms with Gasteiger partial charge >= 0.3 is 5.97 Å². The van der Waals surface area contributed by atoms with Crippen LogP contribution in [0.5, 0.6) is 0 Å². The maximum absolute atomic E-state index is 15.7. The number of carboxylic acids is 1. The summed E-state index contributed by atoms with van der Waals surface area (Å²) in [4.78, 5) is 16.6. The minimum absolute atomic E-state index is 0.0876. The van der Waals surface area contributed by atoms with Gasteiger partial charge in [-0.25, -0.2) is 22.6 Å². The molecule has 2 saturated heterocycles. The van der Waals surface area contributed by atoms with Gasteiger partial charge in [0.1, 0.15) is 5.82 Å². The van der Waals surface area contributed by atoms with E-state index in [9.17, 15) is 18.7 Å². The predicted molar refractivity (Wildman–Crippen MR) is 154 cm³/mol. The number of rotatable bonds is 5. The van der Waals surface area contributed by atoms with Gasteiger partial charge in [0, 0.05) is 47.6 Å². The molecule has 1 N–H and O–H groups in total. The molecule has 3 aromatic carbocycles. The first kappa shape index (κ1) is 27.5. The monoisotopic (exact) mass is 587 g/mol. The van der Waals surface area contributed by atoms with Crippen LogP contribution in [-0.2, 0) is 9.47 Å². The molecule has 10 heteroatoms. The van der Waals surface area contributed by atoms with Gasteiger partial charge in [0.25, 0.3) is 0 Å². The van der Waals surface area contributed by atoms with E-state index in [0.29, 0.717) is 65.9 Å². The molecular weight excluding hydrogens is 559 g/mol. The van der Waals surface area contributed by atoms with Gasteiger partial charge < -0.3 is 14.6 Å². The summed E-state index contributed by atoms with van der Waals surface area (Å²) in [7, 11) is 0. The lowest BCUT2D eigenvalue weighted by Gasteiger charge is -2.26. The lowest BCUT2D eigenvalue weighted by molar-refractivity contribution is -0.0366. The third-order valence-electron chi connectivity index (χ3n) is 8.46. The molecule has 0 radical (unpaired) electrons. The van der Waals surface area contributed by atoms with Crippen LogP contribution in [0.4, 0.5) is 13.2 Å². The lowest BCUT2D eigenvalue weighted by Crippen LogP contribution is -2.19. The average Bonchev–Trinajstić information content (AvgIpc) is 3.44. The maximum Gasteiger partial charge on any atom is 0.335 e. The zero-order valence-corrected chi connectivity index (χ0v) is 23.2. The Morgan fingerprint density at radius 3 is 2.44 bits per heavy atom. The van der Waals surface area contributed by atoms with E-state index < -0.39 is 23.4 Å². The van der Waals surface area contributed by atoms with Crippen LogP contribution in [0.3, 0.4) is 0 Å². The SMILES string of the molecule is O=C(O)c1ccc(-c2nc(C3CCOCC3)c(-c3ccc(F)c(F)c3)c3cc4cnn(C5CCCCO5)c4cc23)c(F)c1. The highest BCUT2D eigenvalue weighted by Crippen LogP contribution is 2.44. The van der Waals surface area contributed by atoms with Crippen molar-refractivity contribution in [3.05, 3.63) is 83.4 Å². The fraction of sp³-hybridized carbons (Fsp3) is 0.303. The van der Waals surface area contributed by atoms with E-state index in [-0.39, 0.29) is 23.3 Å². The first-order valence-corrected chi connectivity index (χ1v) is 14.4. The smallest absolute Gasteiger partial charge is 0.335 e. The molecule has 4 heterocycles. The van der Waals surface area contributed by atoms with Gasteiger partial charge in [-0.2, -0.15) is 5.10 Å². The molecule has 0 amide bonds. The average molecular weight is 588 g/mol. The Labute approximate surface area is 244 Å². The molecule has 5 aromatic rings. The van der Waals surface area contributed by atoms with Crippen LogP contribution in [0.25, 0.3) is 44.1 Å². The molecule has 2 aliphatic heterocycles. The van der Waals surface area contributed by atoms with Crippen LogP contribution in [0.2, 0.25) is 0 Å². The molecule has 0 spiro atoms. The van der Waals surface area contributed by atoms with Crippen LogP contribution in [0, 0.1) is 17.5 Å². The molecule has 2 aromatic heterocycles. The van der Waals surface area contributed by atoms with Crippen molar-refractivity contribution in [2.45, 2.75) is 44.2 Å². The molecule has 2 aliphatic rings. The normalized spacial score (nSPS) is 18.0. The summed E-state index contributed by atoms with van der Waals surface area (Å²) in [5.41, 5.74) is 2.77. The highest BCUT2D eigenvalue weighted by Gasteiger charge is 2.28. The van der Waals surface area contributed by atoms with Gasteiger partial charge in [0.05, 0.1) is 28.7 Å². The largest absolute Gasteiger partial charge is 0.478 e. The Kier molecular flexibility index (Phi) is 7.10. The molecular formula is C33H28F3N3O4. The first-order valence-electron chi connectivity index (χ1n) is 14.4. The molecule has 7 nitrogen and oxygen atoms in total. The van der Waals surface area contributed by atoms with Crippen molar-refractivity contribution in [1.82, 2.24) is 14.8 Å². The summed E-state index contributed by atoms with van der Waals surface area (Å²) < 4.78 is 57.9. The molecule has 1 unspecified atom stereocenters. The van der Waals surface area contributed by atoms with Crippen LogP contribution >= 0.6 is 0 Å². The highest BCUT2D eigenvalue weighted by molar-refractivity contribution is 6.10. The molecule has 0 bridgehead atoms. The maximum atomic E-state index is 15.7. The zero-order valence-electron chi connectivity index (χ0n) is 23.2. The van der Waals surface area contributed by atoms with Crippen LogP contribution in [0.15, 0.2) is 54.7 Å². The zero-order chi connectivity index (χ0) is 29.7. The van der Waals surface area contributed by atoms with Crippen molar-refractivity contribution in [1.29, 1.82) is 0 Å². The van der Waals surface area contributed by atoms with E-state index in [1.165, 1.54) is 24.3 Å². The number of halogens is 3. The number of fused-ring (bicyclic) bond motifs is 2. The van der Waals surface area contributed by atoms with Gasteiger partial charge in [0.2, 0.25) is 0 Å². The van der Waals surface area contributed by atoms with Gasteiger partial charge in [-0.05, 0) is 85.5 Å². The van der Waals surface area contributed by atoms with E-state index in [1.54, 1.807) is 6.20 Å². The number of nitrogens with zero attached hydrogens (tertiary/aromatic N) is 3. The van der Waals surface area contributed by atoms with Crippen LogP contribution < -0.4 is 0 Å². The van der Waals surface area contributed by atoms with Crippen molar-refractivity contribution in [3.63, 3.8) is 0 Å². The molecule has 7 rings (SSSR count). The van der Waals surface area contributed by atoms with Crippen molar-refractivity contribution >= 4 is 27.6 Å². The van der Waals surface area contributed by atoms with Crippen molar-refractivity contribution in [2.24, 2.45) is 0 Å². The Morgan fingerprint density at radius 1 is 0.884 bits per heavy atom. The third-order valence-corrected chi connectivity index (χ3v) is 8.46. The predicted octanol–water partition coefficient (Wildman–Crippen LogP) is 7.63. The number of hydrogen-bond donors (Lipinski definition) is 1. The van der Waals surface area contributed by atoms with Gasteiger partial charge in [-0.1, -0.05) is 6.07 Å². The van der Waals surface area contributed by atoms with E-state index in [2.05, 4.69) is 5.10 Å². The fourth-order valence-corrected chi connectivity index (χ4v) is 6.28. The topological polar surface area (TPSA) is 86.5 Å². The van der Waals surface area contributed by atoms with Crippen LogP contribution in [-0.4, -0.2) is 45.7 Å². The molecule has 220 valence electrons. The summed E-state index contributed by atoms with van der Waals surface area (Å²) in [5.74, 6) is -3.99. The number of benzene rings is 3. The molecule has 0 aliphatic carbocycles. The molecule has 43 heavy (non-hydrogen) atoms. The Bertz CT molecular complexity index is 1880. The van der Waals surface area contributed by atoms with Crippen molar-refractivity contribution < 1.29 is 32.5 Å². The number of carboxylic acid groups (broad SMARTS) is 1. The van der Waals surface area contributed by atoms with E-state index in [1.807, 2.05) is 16.8 Å². The number of hydrogen-bond acceptors (Lipinski definition) is 5. The summed E-state index contributed by atoms with van der Waals surface area (Å²) in [6.07, 6.45) is 5.57. The highest BCUT2D eigenvalue weighted by atomic mass is 19.2. The summed E-state index contributed by atoms with van der Waals surface area (Å²) in [5, 5.41) is 16.1. The number of aromatic carboxylic acids is 1. The van der Waals surface area contributed by atoms with E-state index in [4.69, 9.17) is 14.5 Å². The van der Waals surface area contributed by atoms with Gasteiger partial charge in [-0.3, -0.25) is 4.98 Å². The summed E-state index contributed by atoms with van der Waals surface area (Å²) >= 11 is 0. The molecule has 1 atom stereocenters. The summed E-state index contributed by atoms with van der Waals surface area (Å²) in [6.45, 7) is 1.64. The standard InChI is InChI=1S/C33H28F3N3O4/c34-25-7-5-19(14-27(25)36)30-23-13-21-17-37-39(29-3-1-2-10-43-29)28(21)16-24(23)32(38-31(30)18-8-11-42-12-9-18)22-6-4-20(33(40)41)15-26(22)35/h4-7,13-18,29H,1-3,8-12H2,(H,40,41). The van der Waals surface area contributed by atoms with Crippen molar-refractivity contribution in [2.75, 3.05) is 19.8 Å². The number of pyridine rings is 1. The minimum atomic E-state index is -1.24. The first-order chi connectivity index (χ1) is 20.9. The summed E-state index contributed by atoms with van der Waals surface area (Å²) in [6, 6.07) is 11.4. The Hall–Kier alpha value is -4.28. The number of aromatic nitrogens is 3. The second kappa shape index (κ2) is 11.1. The van der Waals surface area contributed by atoms with Gasteiger partial charge in [-0.15, -0.1) is 0 Å². The van der Waals surface area contributed by atoms with E-state index >= 15 is 4.39 Å². The second-order valence-corrected chi connectivity index (χ2v) is 11.1. The Morgan fingerprint density at radius 2 is 1.72 bits per heavy atom. The van der Waals surface area contributed by atoms with Crippen molar-refractivity contribution in [3.8, 4) is 22.4 Å². The third kappa shape index (κ3) is 4.94. The molecule has 2 fully saturated rings. The minimum Gasteiger partial charge on any atom is -0.478 e. The Balaban J connectivity index is 1.56.